The van der Waals surface area contributed by atoms with E-state index in [1.165, 1.54) is 18.4 Å². The van der Waals surface area contributed by atoms with Gasteiger partial charge in [0.25, 0.3) is 5.91 Å². The van der Waals surface area contributed by atoms with Gasteiger partial charge in [-0.3, -0.25) is 9.59 Å². The van der Waals surface area contributed by atoms with E-state index in [2.05, 4.69) is 0 Å². The monoisotopic (exact) mass is 304 g/mol. The molecule has 2 amide bonds. The zero-order chi connectivity index (χ0) is 15.9. The number of nitrogens with zero attached hydrogens (tertiary/aromatic N) is 2. The van der Waals surface area contributed by atoms with Crippen LogP contribution in [0.4, 0.5) is 5.69 Å². The summed E-state index contributed by atoms with van der Waals surface area (Å²) in [6.07, 6.45) is 3.26. The average molecular weight is 304 g/mol. The van der Waals surface area contributed by atoms with Gasteiger partial charge in [-0.25, -0.2) is 0 Å². The maximum absolute atomic E-state index is 12.5. The van der Waals surface area contributed by atoms with Crippen molar-refractivity contribution in [1.29, 1.82) is 0 Å². The van der Waals surface area contributed by atoms with E-state index in [9.17, 15) is 9.59 Å². The molecular weight excluding hydrogens is 280 g/mol. The van der Waals surface area contributed by atoms with Crippen molar-refractivity contribution in [2.45, 2.75) is 26.2 Å². The second kappa shape index (κ2) is 7.94. The largest absolute Gasteiger partial charge is 0.375 e. The summed E-state index contributed by atoms with van der Waals surface area (Å²) in [5, 5.41) is 0. The third-order valence-electron chi connectivity index (χ3n) is 3.88. The molecule has 1 fully saturated rings. The average Bonchev–Trinajstić information content (AvgIpc) is 2.53. The fourth-order valence-electron chi connectivity index (χ4n) is 2.70. The summed E-state index contributed by atoms with van der Waals surface area (Å²) < 4.78 is 4.95. The second-order valence-electron chi connectivity index (χ2n) is 5.69. The SMILES string of the molecule is COCC(=O)N(CC(=O)N1CCCCC1)c1cccc(C)c1. The highest BCUT2D eigenvalue weighted by molar-refractivity contribution is 5.99. The molecule has 1 aliphatic rings. The van der Waals surface area contributed by atoms with Crippen LogP contribution in [0.15, 0.2) is 24.3 Å². The van der Waals surface area contributed by atoms with E-state index >= 15 is 0 Å². The Morgan fingerprint density at radius 2 is 1.95 bits per heavy atom. The normalized spacial score (nSPS) is 14.7. The minimum Gasteiger partial charge on any atom is -0.375 e. The van der Waals surface area contributed by atoms with E-state index in [0.29, 0.717) is 0 Å². The summed E-state index contributed by atoms with van der Waals surface area (Å²) in [5.74, 6) is -0.191. The van der Waals surface area contributed by atoms with Gasteiger partial charge in [-0.15, -0.1) is 0 Å². The van der Waals surface area contributed by atoms with Crippen LogP contribution in [0.5, 0.6) is 0 Å². The maximum atomic E-state index is 12.5. The summed E-state index contributed by atoms with van der Waals surface area (Å²) in [5.41, 5.74) is 1.80. The lowest BCUT2D eigenvalue weighted by Gasteiger charge is -2.30. The predicted molar refractivity (Wildman–Crippen MR) is 85.8 cm³/mol. The van der Waals surface area contributed by atoms with Gasteiger partial charge in [0.15, 0.2) is 0 Å². The third-order valence-corrected chi connectivity index (χ3v) is 3.88. The summed E-state index contributed by atoms with van der Waals surface area (Å²) in [7, 11) is 1.48. The molecule has 0 aromatic heterocycles. The number of likely N-dealkylation sites (tertiary alicyclic amines) is 1. The Balaban J connectivity index is 2.13. The van der Waals surface area contributed by atoms with Gasteiger partial charge in [0.2, 0.25) is 5.91 Å². The first-order chi connectivity index (χ1) is 10.6. The van der Waals surface area contributed by atoms with Gasteiger partial charge in [0, 0.05) is 25.9 Å². The fourth-order valence-corrected chi connectivity index (χ4v) is 2.70. The summed E-state index contributed by atoms with van der Waals surface area (Å²) in [6.45, 7) is 3.60. The molecule has 0 unspecified atom stereocenters. The highest BCUT2D eigenvalue weighted by atomic mass is 16.5. The number of anilines is 1. The van der Waals surface area contributed by atoms with Crippen LogP contribution in [-0.4, -0.2) is 50.1 Å². The number of amides is 2. The molecule has 0 radical (unpaired) electrons. The van der Waals surface area contributed by atoms with Gasteiger partial charge < -0.3 is 14.5 Å². The van der Waals surface area contributed by atoms with Crippen molar-refractivity contribution in [3.05, 3.63) is 29.8 Å². The van der Waals surface area contributed by atoms with E-state index in [-0.39, 0.29) is 25.0 Å². The molecule has 1 aromatic carbocycles. The molecule has 2 rings (SSSR count). The van der Waals surface area contributed by atoms with Crippen LogP contribution in [0.1, 0.15) is 24.8 Å². The Morgan fingerprint density at radius 1 is 1.23 bits per heavy atom. The molecular formula is C17H24N2O3. The van der Waals surface area contributed by atoms with E-state index in [1.54, 1.807) is 0 Å². The van der Waals surface area contributed by atoms with Crippen LogP contribution in [0.25, 0.3) is 0 Å². The molecule has 22 heavy (non-hydrogen) atoms. The van der Waals surface area contributed by atoms with Crippen molar-refractivity contribution in [3.63, 3.8) is 0 Å². The Bertz CT molecular complexity index is 524. The molecule has 1 saturated heterocycles. The number of ether oxygens (including phenoxy) is 1. The first-order valence-corrected chi connectivity index (χ1v) is 7.75. The van der Waals surface area contributed by atoms with Crippen LogP contribution in [0, 0.1) is 6.92 Å². The van der Waals surface area contributed by atoms with Crippen LogP contribution < -0.4 is 4.90 Å². The van der Waals surface area contributed by atoms with Crippen molar-refractivity contribution in [3.8, 4) is 0 Å². The lowest BCUT2D eigenvalue weighted by atomic mass is 10.1. The molecule has 0 atom stereocenters. The minimum absolute atomic E-state index is 0.00524. The number of piperidine rings is 1. The number of methoxy groups -OCH3 is 1. The first-order valence-electron chi connectivity index (χ1n) is 7.75. The van der Waals surface area contributed by atoms with Gasteiger partial charge in [-0.2, -0.15) is 0 Å². The smallest absolute Gasteiger partial charge is 0.253 e. The van der Waals surface area contributed by atoms with E-state index in [0.717, 1.165) is 37.2 Å². The zero-order valence-electron chi connectivity index (χ0n) is 13.4. The molecule has 1 aliphatic heterocycles. The molecule has 1 heterocycles. The van der Waals surface area contributed by atoms with Gasteiger partial charge in [-0.05, 0) is 43.9 Å². The fraction of sp³-hybridized carbons (Fsp3) is 0.529. The van der Waals surface area contributed by atoms with Crippen molar-refractivity contribution in [2.75, 3.05) is 38.3 Å². The highest BCUT2D eigenvalue weighted by Crippen LogP contribution is 2.17. The lowest BCUT2D eigenvalue weighted by Crippen LogP contribution is -2.45. The number of hydrogen-bond acceptors (Lipinski definition) is 3. The number of hydrogen-bond donors (Lipinski definition) is 0. The van der Waals surface area contributed by atoms with Crippen LogP contribution in [-0.2, 0) is 14.3 Å². The van der Waals surface area contributed by atoms with E-state index in [4.69, 9.17) is 4.74 Å². The topological polar surface area (TPSA) is 49.9 Å². The molecule has 120 valence electrons. The summed E-state index contributed by atoms with van der Waals surface area (Å²) >= 11 is 0. The molecule has 0 bridgehead atoms. The molecule has 5 nitrogen and oxygen atoms in total. The van der Waals surface area contributed by atoms with Gasteiger partial charge >= 0.3 is 0 Å². The van der Waals surface area contributed by atoms with Gasteiger partial charge in [0.1, 0.15) is 13.2 Å². The zero-order valence-corrected chi connectivity index (χ0v) is 13.4. The van der Waals surface area contributed by atoms with Crippen LogP contribution in [0.2, 0.25) is 0 Å². The Labute approximate surface area is 131 Å². The van der Waals surface area contributed by atoms with Crippen molar-refractivity contribution < 1.29 is 14.3 Å². The Morgan fingerprint density at radius 3 is 2.59 bits per heavy atom. The molecule has 5 heteroatoms. The van der Waals surface area contributed by atoms with E-state index in [1.807, 2.05) is 36.1 Å². The number of benzene rings is 1. The second-order valence-corrected chi connectivity index (χ2v) is 5.69. The van der Waals surface area contributed by atoms with Crippen molar-refractivity contribution in [2.24, 2.45) is 0 Å². The quantitative estimate of drug-likeness (QED) is 0.836. The maximum Gasteiger partial charge on any atom is 0.253 e. The van der Waals surface area contributed by atoms with Crippen LogP contribution in [0.3, 0.4) is 0 Å². The van der Waals surface area contributed by atoms with Crippen LogP contribution >= 0.6 is 0 Å². The highest BCUT2D eigenvalue weighted by Gasteiger charge is 2.23. The predicted octanol–water partition coefficient (Wildman–Crippen LogP) is 1.99. The Kier molecular flexibility index (Phi) is 5.95. The third kappa shape index (κ3) is 4.31. The number of aryl methyl sites for hydroxylation is 1. The minimum atomic E-state index is -0.196. The number of rotatable bonds is 5. The molecule has 0 spiro atoms. The van der Waals surface area contributed by atoms with Crippen molar-refractivity contribution in [1.82, 2.24) is 4.90 Å². The first kappa shape index (κ1) is 16.5. The van der Waals surface area contributed by atoms with Crippen molar-refractivity contribution >= 4 is 17.5 Å². The molecule has 0 saturated carbocycles. The lowest BCUT2D eigenvalue weighted by molar-refractivity contribution is -0.132. The summed E-state index contributed by atoms with van der Waals surface area (Å²) in [6, 6.07) is 7.62. The molecule has 0 N–H and O–H groups in total. The van der Waals surface area contributed by atoms with E-state index < -0.39 is 0 Å². The molecule has 1 aromatic rings. The number of carbonyl (C=O) groups excluding carboxylic acids is 2. The Hall–Kier alpha value is -1.88. The standard InChI is InChI=1S/C17H24N2O3/c1-14-7-6-8-15(11-14)19(17(21)13-22-2)12-16(20)18-9-4-3-5-10-18/h6-8,11H,3-5,9-10,12-13H2,1-2H3. The van der Waals surface area contributed by atoms with Gasteiger partial charge in [0.05, 0.1) is 0 Å². The number of carbonyl (C=O) groups is 2. The summed E-state index contributed by atoms with van der Waals surface area (Å²) in [4.78, 5) is 28.1. The molecule has 0 aliphatic carbocycles. The van der Waals surface area contributed by atoms with Gasteiger partial charge in [-0.1, -0.05) is 12.1 Å².